The molecule has 2 amide bonds. The van der Waals surface area contributed by atoms with Gasteiger partial charge >= 0.3 is 0 Å². The molecule has 0 saturated heterocycles. The lowest BCUT2D eigenvalue weighted by molar-refractivity contribution is -0.143. The van der Waals surface area contributed by atoms with Gasteiger partial charge in [-0.3, -0.25) is 9.59 Å². The summed E-state index contributed by atoms with van der Waals surface area (Å²) in [6.07, 6.45) is 0.441. The van der Waals surface area contributed by atoms with Crippen molar-refractivity contribution in [3.8, 4) is 5.75 Å². The van der Waals surface area contributed by atoms with Crippen LogP contribution in [-0.2, 0) is 16.1 Å². The third kappa shape index (κ3) is 7.84. The maximum Gasteiger partial charge on any atom is 0.261 e. The molecule has 0 heterocycles. The lowest BCUT2D eigenvalue weighted by Crippen LogP contribution is -2.50. The van der Waals surface area contributed by atoms with Crippen LogP contribution in [0.2, 0.25) is 15.1 Å². The molecule has 2 aromatic carbocycles. The number of hydrogen-bond donors (Lipinski definition) is 1. The molecule has 1 atom stereocenters. The molecule has 0 unspecified atom stereocenters. The van der Waals surface area contributed by atoms with E-state index < -0.39 is 6.04 Å². The van der Waals surface area contributed by atoms with E-state index in [0.29, 0.717) is 39.7 Å². The molecule has 0 fully saturated rings. The zero-order chi connectivity index (χ0) is 23.8. The third-order valence-corrected chi connectivity index (χ3v) is 6.18. The van der Waals surface area contributed by atoms with Gasteiger partial charge in [0.05, 0.1) is 15.1 Å². The SMILES string of the molecule is CC[C@@H](C(=O)NCC(C)C)N(Cc1ccc(Cl)c(Cl)c1)C(=O)COc1ccc(Br)cc1Cl. The standard InChI is InChI=1S/C23H26BrCl3N2O3/c1-4-20(23(31)28-11-14(2)3)29(12-15-5-7-17(25)18(26)9-15)22(30)13-32-21-8-6-16(24)10-19(21)27/h5-10,14,20H,4,11-13H2,1-3H3,(H,28,31)/t20-/m0/s1. The van der Waals surface area contributed by atoms with Crippen LogP contribution in [0.3, 0.4) is 0 Å². The van der Waals surface area contributed by atoms with Gasteiger partial charge in [-0.05, 0) is 48.2 Å². The lowest BCUT2D eigenvalue weighted by atomic mass is 10.1. The van der Waals surface area contributed by atoms with Gasteiger partial charge in [-0.2, -0.15) is 0 Å². The summed E-state index contributed by atoms with van der Waals surface area (Å²) in [5.41, 5.74) is 0.754. The molecule has 0 aliphatic heterocycles. The minimum absolute atomic E-state index is 0.181. The fraction of sp³-hybridized carbons (Fsp3) is 0.391. The summed E-state index contributed by atoms with van der Waals surface area (Å²) in [7, 11) is 0. The number of rotatable bonds is 10. The number of amides is 2. The van der Waals surface area contributed by atoms with E-state index in [9.17, 15) is 9.59 Å². The summed E-state index contributed by atoms with van der Waals surface area (Å²) in [6, 6.07) is 9.60. The van der Waals surface area contributed by atoms with Crippen LogP contribution in [0.25, 0.3) is 0 Å². The quantitative estimate of drug-likeness (QED) is 0.365. The average Bonchev–Trinajstić information content (AvgIpc) is 2.73. The highest BCUT2D eigenvalue weighted by Crippen LogP contribution is 2.28. The van der Waals surface area contributed by atoms with Gasteiger partial charge in [-0.15, -0.1) is 0 Å². The van der Waals surface area contributed by atoms with E-state index in [1.54, 1.807) is 36.4 Å². The number of benzene rings is 2. The fourth-order valence-electron chi connectivity index (χ4n) is 2.99. The van der Waals surface area contributed by atoms with E-state index >= 15 is 0 Å². The molecule has 0 spiro atoms. The molecule has 5 nitrogen and oxygen atoms in total. The number of carbonyl (C=O) groups is 2. The van der Waals surface area contributed by atoms with Crippen molar-refractivity contribution in [3.63, 3.8) is 0 Å². The normalized spacial score (nSPS) is 11.9. The van der Waals surface area contributed by atoms with Crippen LogP contribution >= 0.6 is 50.7 Å². The molecule has 174 valence electrons. The number of halogens is 4. The van der Waals surface area contributed by atoms with Crippen LogP contribution in [0.5, 0.6) is 5.75 Å². The van der Waals surface area contributed by atoms with Crippen LogP contribution < -0.4 is 10.1 Å². The van der Waals surface area contributed by atoms with Crippen molar-refractivity contribution < 1.29 is 14.3 Å². The molecule has 0 aliphatic rings. The second kappa shape index (κ2) is 12.7. The minimum Gasteiger partial charge on any atom is -0.482 e. The number of nitrogens with one attached hydrogen (secondary N) is 1. The maximum absolute atomic E-state index is 13.2. The van der Waals surface area contributed by atoms with Gasteiger partial charge in [0.15, 0.2) is 6.61 Å². The first-order chi connectivity index (χ1) is 15.1. The van der Waals surface area contributed by atoms with Gasteiger partial charge in [0.1, 0.15) is 11.8 Å². The van der Waals surface area contributed by atoms with Gasteiger partial charge in [0, 0.05) is 17.6 Å². The number of ether oxygens (including phenoxy) is 1. The van der Waals surface area contributed by atoms with Crippen molar-refractivity contribution in [2.24, 2.45) is 5.92 Å². The van der Waals surface area contributed by atoms with Crippen molar-refractivity contribution in [2.75, 3.05) is 13.2 Å². The summed E-state index contributed by atoms with van der Waals surface area (Å²) in [4.78, 5) is 27.6. The smallest absolute Gasteiger partial charge is 0.261 e. The number of nitrogens with zero attached hydrogens (tertiary/aromatic N) is 1. The Labute approximate surface area is 212 Å². The maximum atomic E-state index is 13.2. The van der Waals surface area contributed by atoms with Crippen LogP contribution in [0.15, 0.2) is 40.9 Å². The third-order valence-electron chi connectivity index (χ3n) is 4.65. The highest BCUT2D eigenvalue weighted by Gasteiger charge is 2.29. The largest absolute Gasteiger partial charge is 0.482 e. The summed E-state index contributed by atoms with van der Waals surface area (Å²) < 4.78 is 6.47. The molecular weight excluding hydrogens is 539 g/mol. The van der Waals surface area contributed by atoms with Gasteiger partial charge < -0.3 is 15.0 Å². The zero-order valence-electron chi connectivity index (χ0n) is 18.1. The first-order valence-corrected chi connectivity index (χ1v) is 12.1. The van der Waals surface area contributed by atoms with Crippen molar-refractivity contribution in [1.82, 2.24) is 10.2 Å². The molecule has 32 heavy (non-hydrogen) atoms. The van der Waals surface area contributed by atoms with Crippen LogP contribution in [0, 0.1) is 5.92 Å². The topological polar surface area (TPSA) is 58.6 Å². The Morgan fingerprint density at radius 2 is 1.78 bits per heavy atom. The summed E-state index contributed by atoms with van der Waals surface area (Å²) in [6.45, 7) is 6.32. The van der Waals surface area contributed by atoms with E-state index in [4.69, 9.17) is 39.5 Å². The lowest BCUT2D eigenvalue weighted by Gasteiger charge is -2.31. The molecule has 2 rings (SSSR count). The Kier molecular flexibility index (Phi) is 10.6. The fourth-order valence-corrected chi connectivity index (χ4v) is 4.04. The van der Waals surface area contributed by atoms with E-state index in [2.05, 4.69) is 21.2 Å². The van der Waals surface area contributed by atoms with Gasteiger partial charge in [-0.1, -0.05) is 77.6 Å². The molecule has 0 radical (unpaired) electrons. The van der Waals surface area contributed by atoms with Crippen molar-refractivity contribution in [1.29, 1.82) is 0 Å². The molecule has 0 saturated carbocycles. The first-order valence-electron chi connectivity index (χ1n) is 10.2. The highest BCUT2D eigenvalue weighted by molar-refractivity contribution is 9.10. The van der Waals surface area contributed by atoms with Crippen molar-refractivity contribution >= 4 is 62.5 Å². The molecule has 0 bridgehead atoms. The minimum atomic E-state index is -0.667. The Morgan fingerprint density at radius 3 is 2.38 bits per heavy atom. The molecular formula is C23H26BrCl3N2O3. The molecule has 9 heteroatoms. The molecule has 1 N–H and O–H groups in total. The van der Waals surface area contributed by atoms with Crippen molar-refractivity contribution in [2.45, 2.75) is 39.8 Å². The second-order valence-electron chi connectivity index (χ2n) is 7.70. The van der Waals surface area contributed by atoms with Crippen LogP contribution in [0.1, 0.15) is 32.8 Å². The van der Waals surface area contributed by atoms with Gasteiger partial charge in [-0.25, -0.2) is 0 Å². The summed E-state index contributed by atoms with van der Waals surface area (Å²) in [5.74, 6) is 0.117. The number of carbonyl (C=O) groups excluding carboxylic acids is 2. The number of hydrogen-bond acceptors (Lipinski definition) is 3. The Morgan fingerprint density at radius 1 is 1.06 bits per heavy atom. The van der Waals surface area contributed by atoms with Crippen molar-refractivity contribution in [3.05, 3.63) is 61.5 Å². The van der Waals surface area contributed by atoms with Gasteiger partial charge in [0.2, 0.25) is 5.91 Å². The average molecular weight is 565 g/mol. The Bertz CT molecular complexity index is 956. The van der Waals surface area contributed by atoms with Crippen LogP contribution in [-0.4, -0.2) is 35.9 Å². The van der Waals surface area contributed by atoms with E-state index in [1.807, 2.05) is 20.8 Å². The molecule has 0 aromatic heterocycles. The van der Waals surface area contributed by atoms with Crippen LogP contribution in [0.4, 0.5) is 0 Å². The first kappa shape index (κ1) is 26.8. The second-order valence-corrected chi connectivity index (χ2v) is 9.83. The monoisotopic (exact) mass is 562 g/mol. The predicted octanol–water partition coefficient (Wildman–Crippen LogP) is 6.37. The van der Waals surface area contributed by atoms with E-state index in [1.165, 1.54) is 4.90 Å². The van der Waals surface area contributed by atoms with E-state index in [0.717, 1.165) is 10.0 Å². The highest BCUT2D eigenvalue weighted by atomic mass is 79.9. The molecule has 0 aliphatic carbocycles. The summed E-state index contributed by atoms with van der Waals surface area (Å²) in [5, 5.41) is 4.10. The summed E-state index contributed by atoms with van der Waals surface area (Å²) >= 11 is 21.7. The molecule has 2 aromatic rings. The zero-order valence-corrected chi connectivity index (χ0v) is 22.0. The Hall–Kier alpha value is -1.47. The Balaban J connectivity index is 2.24. The van der Waals surface area contributed by atoms with Gasteiger partial charge in [0.25, 0.3) is 5.91 Å². The van der Waals surface area contributed by atoms with E-state index in [-0.39, 0.29) is 25.0 Å². The predicted molar refractivity (Wildman–Crippen MR) is 134 cm³/mol.